The molecule has 0 saturated carbocycles. The second-order valence-electron chi connectivity index (χ2n) is 4.73. The zero-order valence-corrected chi connectivity index (χ0v) is 11.8. The smallest absolute Gasteiger partial charge is 0.133 e. The third-order valence-corrected chi connectivity index (χ3v) is 4.35. The standard InChI is InChI=1S/C17H11NO2S/c19-13-4-1-3-12(9-13)17-18-14-7-6-11(10-16(14)21-17)15-5-2-8-20-15/h1-10,19H. The molecule has 0 aliphatic carbocycles. The van der Waals surface area contributed by atoms with E-state index < -0.39 is 0 Å². The zero-order valence-electron chi connectivity index (χ0n) is 11.0. The molecule has 0 radical (unpaired) electrons. The van der Waals surface area contributed by atoms with Gasteiger partial charge in [0.2, 0.25) is 0 Å². The molecule has 0 bridgehead atoms. The molecule has 0 fully saturated rings. The summed E-state index contributed by atoms with van der Waals surface area (Å²) in [7, 11) is 0. The summed E-state index contributed by atoms with van der Waals surface area (Å²) in [6, 6.07) is 17.1. The molecular weight excluding hydrogens is 282 g/mol. The lowest BCUT2D eigenvalue weighted by Crippen LogP contribution is -1.75. The Balaban J connectivity index is 1.83. The van der Waals surface area contributed by atoms with Gasteiger partial charge in [-0.15, -0.1) is 11.3 Å². The van der Waals surface area contributed by atoms with E-state index in [0.29, 0.717) is 0 Å². The lowest BCUT2D eigenvalue weighted by Gasteiger charge is -1.95. The van der Waals surface area contributed by atoms with Crippen LogP contribution in [-0.4, -0.2) is 10.1 Å². The Bertz CT molecular complexity index is 910. The highest BCUT2D eigenvalue weighted by Gasteiger charge is 2.09. The molecule has 0 aliphatic rings. The maximum atomic E-state index is 9.58. The van der Waals surface area contributed by atoms with Gasteiger partial charge in [-0.05, 0) is 42.5 Å². The number of furan rings is 1. The van der Waals surface area contributed by atoms with E-state index in [1.54, 1.807) is 29.7 Å². The lowest BCUT2D eigenvalue weighted by atomic mass is 10.1. The number of benzene rings is 2. The molecular formula is C17H11NO2S. The van der Waals surface area contributed by atoms with Gasteiger partial charge in [0.15, 0.2) is 0 Å². The largest absolute Gasteiger partial charge is 0.508 e. The van der Waals surface area contributed by atoms with Crippen LogP contribution in [0.5, 0.6) is 5.75 Å². The van der Waals surface area contributed by atoms with Crippen LogP contribution in [0.3, 0.4) is 0 Å². The van der Waals surface area contributed by atoms with Crippen molar-refractivity contribution in [3.63, 3.8) is 0 Å². The molecule has 2 aromatic carbocycles. The molecule has 0 saturated heterocycles. The molecule has 2 aromatic heterocycles. The van der Waals surface area contributed by atoms with E-state index in [2.05, 4.69) is 11.1 Å². The first-order chi connectivity index (χ1) is 10.3. The number of fused-ring (bicyclic) bond motifs is 1. The minimum Gasteiger partial charge on any atom is -0.508 e. The molecule has 2 heterocycles. The number of phenolic OH excluding ortho intramolecular Hbond substituents is 1. The molecule has 4 heteroatoms. The predicted octanol–water partition coefficient (Wildman–Crippen LogP) is 4.93. The number of aromatic hydroxyl groups is 1. The minimum atomic E-state index is 0.253. The van der Waals surface area contributed by atoms with Crippen LogP contribution in [0.1, 0.15) is 0 Å². The van der Waals surface area contributed by atoms with Crippen molar-refractivity contribution in [1.29, 1.82) is 0 Å². The van der Waals surface area contributed by atoms with Crippen molar-refractivity contribution in [2.24, 2.45) is 0 Å². The van der Waals surface area contributed by atoms with Gasteiger partial charge in [0, 0.05) is 11.1 Å². The van der Waals surface area contributed by atoms with E-state index in [4.69, 9.17) is 4.42 Å². The summed E-state index contributed by atoms with van der Waals surface area (Å²) in [6.45, 7) is 0. The number of rotatable bonds is 2. The molecule has 0 spiro atoms. The predicted molar refractivity (Wildman–Crippen MR) is 84.4 cm³/mol. The van der Waals surface area contributed by atoms with Crippen LogP contribution < -0.4 is 0 Å². The molecule has 4 aromatic rings. The van der Waals surface area contributed by atoms with E-state index in [-0.39, 0.29) is 5.75 Å². The Labute approximate surface area is 125 Å². The van der Waals surface area contributed by atoms with E-state index in [1.807, 2.05) is 36.4 Å². The van der Waals surface area contributed by atoms with Crippen molar-refractivity contribution in [3.05, 3.63) is 60.9 Å². The van der Waals surface area contributed by atoms with Crippen LogP contribution in [0, 0.1) is 0 Å². The van der Waals surface area contributed by atoms with Gasteiger partial charge < -0.3 is 9.52 Å². The van der Waals surface area contributed by atoms with E-state index >= 15 is 0 Å². The normalized spacial score (nSPS) is 11.0. The quantitative estimate of drug-likeness (QED) is 0.570. The third-order valence-electron chi connectivity index (χ3n) is 3.29. The highest BCUT2D eigenvalue weighted by molar-refractivity contribution is 7.21. The minimum absolute atomic E-state index is 0.253. The van der Waals surface area contributed by atoms with Crippen molar-refractivity contribution < 1.29 is 9.52 Å². The first-order valence-electron chi connectivity index (χ1n) is 6.53. The molecule has 0 unspecified atom stereocenters. The van der Waals surface area contributed by atoms with Gasteiger partial charge in [0.1, 0.15) is 16.5 Å². The molecule has 102 valence electrons. The fraction of sp³-hybridized carbons (Fsp3) is 0. The van der Waals surface area contributed by atoms with Crippen LogP contribution in [0.2, 0.25) is 0 Å². The third kappa shape index (κ3) is 2.19. The van der Waals surface area contributed by atoms with Crippen LogP contribution in [0.4, 0.5) is 0 Å². The Hall–Kier alpha value is -2.59. The molecule has 1 N–H and O–H groups in total. The van der Waals surface area contributed by atoms with Gasteiger partial charge in [-0.25, -0.2) is 4.98 Å². The average Bonchev–Trinajstić information content (AvgIpc) is 3.16. The van der Waals surface area contributed by atoms with Crippen molar-refractivity contribution in [1.82, 2.24) is 4.98 Å². The number of phenols is 1. The SMILES string of the molecule is Oc1cccc(-c2nc3ccc(-c4ccco4)cc3s2)c1. The maximum Gasteiger partial charge on any atom is 0.133 e. The van der Waals surface area contributed by atoms with Gasteiger partial charge >= 0.3 is 0 Å². The highest BCUT2D eigenvalue weighted by Crippen LogP contribution is 2.34. The Morgan fingerprint density at radius 1 is 0.952 bits per heavy atom. The molecule has 0 atom stereocenters. The van der Waals surface area contributed by atoms with Gasteiger partial charge in [-0.1, -0.05) is 12.1 Å². The fourth-order valence-corrected chi connectivity index (χ4v) is 3.28. The molecule has 0 amide bonds. The Kier molecular flexibility index (Phi) is 2.75. The van der Waals surface area contributed by atoms with Crippen molar-refractivity contribution in [3.8, 4) is 27.6 Å². The summed E-state index contributed by atoms with van der Waals surface area (Å²) < 4.78 is 6.53. The van der Waals surface area contributed by atoms with E-state index in [1.165, 1.54) is 0 Å². The first-order valence-corrected chi connectivity index (χ1v) is 7.35. The van der Waals surface area contributed by atoms with Gasteiger partial charge in [-0.3, -0.25) is 0 Å². The summed E-state index contributed by atoms with van der Waals surface area (Å²) in [6.07, 6.45) is 1.67. The number of aromatic nitrogens is 1. The first kappa shape index (κ1) is 12.2. The van der Waals surface area contributed by atoms with Gasteiger partial charge in [0.25, 0.3) is 0 Å². The fourth-order valence-electron chi connectivity index (χ4n) is 2.28. The van der Waals surface area contributed by atoms with Gasteiger partial charge in [0.05, 0.1) is 16.5 Å². The van der Waals surface area contributed by atoms with Crippen LogP contribution in [0.15, 0.2) is 65.3 Å². The number of nitrogens with zero attached hydrogens (tertiary/aromatic N) is 1. The van der Waals surface area contributed by atoms with Crippen molar-refractivity contribution in [2.75, 3.05) is 0 Å². The topological polar surface area (TPSA) is 46.3 Å². The number of hydrogen-bond acceptors (Lipinski definition) is 4. The summed E-state index contributed by atoms with van der Waals surface area (Å²) >= 11 is 1.61. The van der Waals surface area contributed by atoms with Crippen LogP contribution in [0.25, 0.3) is 32.1 Å². The summed E-state index contributed by atoms with van der Waals surface area (Å²) in [4.78, 5) is 4.62. The average molecular weight is 293 g/mol. The molecule has 0 aliphatic heterocycles. The summed E-state index contributed by atoms with van der Waals surface area (Å²) in [5, 5.41) is 10.5. The van der Waals surface area contributed by atoms with E-state index in [9.17, 15) is 5.11 Å². The van der Waals surface area contributed by atoms with Crippen molar-refractivity contribution >= 4 is 21.6 Å². The van der Waals surface area contributed by atoms with Crippen molar-refractivity contribution in [2.45, 2.75) is 0 Å². The number of thiazole rings is 1. The Morgan fingerprint density at radius 3 is 2.71 bits per heavy atom. The highest BCUT2D eigenvalue weighted by atomic mass is 32.1. The summed E-state index contributed by atoms with van der Waals surface area (Å²) in [5.74, 6) is 1.10. The second kappa shape index (κ2) is 4.75. The second-order valence-corrected chi connectivity index (χ2v) is 5.76. The molecule has 21 heavy (non-hydrogen) atoms. The lowest BCUT2D eigenvalue weighted by molar-refractivity contribution is 0.475. The molecule has 3 nitrogen and oxygen atoms in total. The molecule has 4 rings (SSSR count). The number of hydrogen-bond donors (Lipinski definition) is 1. The summed E-state index contributed by atoms with van der Waals surface area (Å²) in [5.41, 5.74) is 2.92. The van der Waals surface area contributed by atoms with Gasteiger partial charge in [-0.2, -0.15) is 0 Å². The Morgan fingerprint density at radius 2 is 1.90 bits per heavy atom. The maximum absolute atomic E-state index is 9.58. The van der Waals surface area contributed by atoms with E-state index in [0.717, 1.165) is 32.1 Å². The van der Waals surface area contributed by atoms with Crippen LogP contribution >= 0.6 is 11.3 Å². The monoisotopic (exact) mass is 293 g/mol. The van der Waals surface area contributed by atoms with Crippen LogP contribution in [-0.2, 0) is 0 Å². The zero-order chi connectivity index (χ0) is 14.2.